The first-order valence-electron chi connectivity index (χ1n) is 5.19. The van der Waals surface area contributed by atoms with E-state index in [-0.39, 0.29) is 12.1 Å². The van der Waals surface area contributed by atoms with Crippen molar-refractivity contribution in [3.8, 4) is 0 Å². The molecule has 1 aliphatic rings. The van der Waals surface area contributed by atoms with Crippen LogP contribution in [0.1, 0.15) is 45.4 Å². The minimum absolute atomic E-state index is 0.00639. The smallest absolute Gasteiger partial charge is 0.0719 e. The van der Waals surface area contributed by atoms with E-state index in [9.17, 15) is 5.11 Å². The molecule has 1 fully saturated rings. The molecule has 0 unspecified atom stereocenters. The minimum Gasteiger partial charge on any atom is -0.391 e. The van der Waals surface area contributed by atoms with Crippen LogP contribution in [-0.2, 0) is 0 Å². The van der Waals surface area contributed by atoms with E-state index >= 15 is 0 Å². The van der Waals surface area contributed by atoms with Crippen LogP contribution in [0.4, 0.5) is 0 Å². The van der Waals surface area contributed by atoms with Gasteiger partial charge in [-0.3, -0.25) is 0 Å². The molecule has 3 N–H and O–H groups in total. The summed E-state index contributed by atoms with van der Waals surface area (Å²) in [4.78, 5) is 0. The average molecular weight is 171 g/mol. The van der Waals surface area contributed by atoms with Crippen LogP contribution in [0.2, 0.25) is 0 Å². The molecule has 0 saturated heterocycles. The lowest BCUT2D eigenvalue weighted by molar-refractivity contribution is 0.0609. The van der Waals surface area contributed by atoms with E-state index in [2.05, 4.69) is 0 Å². The number of aliphatic hydroxyl groups is 1. The monoisotopic (exact) mass is 171 g/mol. The molecule has 72 valence electrons. The van der Waals surface area contributed by atoms with Gasteiger partial charge in [-0.2, -0.15) is 0 Å². The van der Waals surface area contributed by atoms with Gasteiger partial charge in [-0.25, -0.2) is 0 Å². The Balaban J connectivity index is 2.33. The van der Waals surface area contributed by atoms with Crippen molar-refractivity contribution in [3.05, 3.63) is 0 Å². The van der Waals surface area contributed by atoms with Gasteiger partial charge in [0, 0.05) is 6.04 Å². The van der Waals surface area contributed by atoms with E-state index in [1.807, 2.05) is 6.92 Å². The van der Waals surface area contributed by atoms with Crippen LogP contribution in [0.15, 0.2) is 0 Å². The summed E-state index contributed by atoms with van der Waals surface area (Å²) in [6.07, 6.45) is 6.87. The fourth-order valence-electron chi connectivity index (χ4n) is 2.07. The molecule has 12 heavy (non-hydrogen) atoms. The van der Waals surface area contributed by atoms with E-state index in [0.29, 0.717) is 5.92 Å². The maximum Gasteiger partial charge on any atom is 0.0719 e. The van der Waals surface area contributed by atoms with Crippen LogP contribution in [0.25, 0.3) is 0 Å². The van der Waals surface area contributed by atoms with Gasteiger partial charge in [0.25, 0.3) is 0 Å². The molecule has 1 rings (SSSR count). The van der Waals surface area contributed by atoms with Crippen molar-refractivity contribution in [2.45, 2.75) is 57.6 Å². The molecule has 2 atom stereocenters. The summed E-state index contributed by atoms with van der Waals surface area (Å²) in [5.74, 6) is 0.480. The van der Waals surface area contributed by atoms with E-state index < -0.39 is 0 Å². The zero-order valence-corrected chi connectivity index (χ0v) is 8.00. The SMILES string of the molecule is CC[C@@H](N)[C@H](O)C1CCCCC1. The van der Waals surface area contributed by atoms with Crippen molar-refractivity contribution in [1.82, 2.24) is 0 Å². The number of hydrogen-bond acceptors (Lipinski definition) is 2. The van der Waals surface area contributed by atoms with Crippen LogP contribution in [0.3, 0.4) is 0 Å². The summed E-state index contributed by atoms with van der Waals surface area (Å²) in [6.45, 7) is 2.04. The summed E-state index contributed by atoms with van der Waals surface area (Å²) in [5, 5.41) is 9.82. The lowest BCUT2D eigenvalue weighted by Gasteiger charge is -2.29. The normalized spacial score (nSPS) is 25.2. The first-order valence-corrected chi connectivity index (χ1v) is 5.19. The van der Waals surface area contributed by atoms with Crippen molar-refractivity contribution in [3.63, 3.8) is 0 Å². The maximum atomic E-state index is 9.82. The zero-order valence-electron chi connectivity index (χ0n) is 8.00. The van der Waals surface area contributed by atoms with Gasteiger partial charge < -0.3 is 10.8 Å². The number of rotatable bonds is 3. The van der Waals surface area contributed by atoms with Crippen molar-refractivity contribution < 1.29 is 5.11 Å². The number of nitrogens with two attached hydrogens (primary N) is 1. The predicted octanol–water partition coefficient (Wildman–Crippen LogP) is 1.66. The third-order valence-electron chi connectivity index (χ3n) is 3.04. The summed E-state index contributed by atoms with van der Waals surface area (Å²) in [5.41, 5.74) is 5.80. The summed E-state index contributed by atoms with van der Waals surface area (Å²) in [6, 6.07) is -0.00639. The molecule has 1 aliphatic carbocycles. The van der Waals surface area contributed by atoms with E-state index in [1.54, 1.807) is 0 Å². The standard InChI is InChI=1S/C10H21NO/c1-2-9(11)10(12)8-6-4-3-5-7-8/h8-10,12H,2-7,11H2,1H3/t9-,10-/m1/s1. The molecule has 0 spiro atoms. The Morgan fingerprint density at radius 3 is 2.42 bits per heavy atom. The van der Waals surface area contributed by atoms with Gasteiger partial charge in [-0.1, -0.05) is 26.2 Å². The van der Waals surface area contributed by atoms with Gasteiger partial charge in [0.1, 0.15) is 0 Å². The van der Waals surface area contributed by atoms with Crippen molar-refractivity contribution in [1.29, 1.82) is 0 Å². The van der Waals surface area contributed by atoms with Gasteiger partial charge >= 0.3 is 0 Å². The molecule has 0 radical (unpaired) electrons. The van der Waals surface area contributed by atoms with Crippen molar-refractivity contribution >= 4 is 0 Å². The Morgan fingerprint density at radius 2 is 1.92 bits per heavy atom. The Kier molecular flexibility index (Phi) is 4.02. The average Bonchev–Trinajstić information content (AvgIpc) is 2.17. The van der Waals surface area contributed by atoms with Gasteiger partial charge in [0.05, 0.1) is 6.10 Å². The molecule has 2 heteroatoms. The highest BCUT2D eigenvalue weighted by Gasteiger charge is 2.25. The summed E-state index contributed by atoms with van der Waals surface area (Å²) >= 11 is 0. The van der Waals surface area contributed by atoms with Crippen LogP contribution in [0, 0.1) is 5.92 Å². The van der Waals surface area contributed by atoms with Gasteiger partial charge in [-0.05, 0) is 25.2 Å². The molecule has 2 nitrogen and oxygen atoms in total. The molecule has 0 aromatic carbocycles. The fourth-order valence-corrected chi connectivity index (χ4v) is 2.07. The van der Waals surface area contributed by atoms with E-state index in [4.69, 9.17) is 5.73 Å². The highest BCUT2D eigenvalue weighted by atomic mass is 16.3. The molecule has 0 aromatic rings. The second-order valence-corrected chi connectivity index (χ2v) is 3.96. The minimum atomic E-state index is -0.254. The third-order valence-corrected chi connectivity index (χ3v) is 3.04. The number of hydrogen-bond donors (Lipinski definition) is 2. The van der Waals surface area contributed by atoms with E-state index in [0.717, 1.165) is 6.42 Å². The van der Waals surface area contributed by atoms with Crippen molar-refractivity contribution in [2.75, 3.05) is 0 Å². The highest BCUT2D eigenvalue weighted by molar-refractivity contribution is 4.80. The zero-order chi connectivity index (χ0) is 8.97. The maximum absolute atomic E-state index is 9.82. The van der Waals surface area contributed by atoms with Crippen LogP contribution >= 0.6 is 0 Å². The topological polar surface area (TPSA) is 46.2 Å². The first kappa shape index (κ1) is 10.0. The highest BCUT2D eigenvalue weighted by Crippen LogP contribution is 2.27. The molecular formula is C10H21NO. The van der Waals surface area contributed by atoms with Crippen molar-refractivity contribution in [2.24, 2.45) is 11.7 Å². The Labute approximate surface area is 75.2 Å². The number of aliphatic hydroxyl groups excluding tert-OH is 1. The predicted molar refractivity (Wildman–Crippen MR) is 50.8 cm³/mol. The Morgan fingerprint density at radius 1 is 1.33 bits per heavy atom. The van der Waals surface area contributed by atoms with Gasteiger partial charge in [-0.15, -0.1) is 0 Å². The first-order chi connectivity index (χ1) is 5.75. The second-order valence-electron chi connectivity index (χ2n) is 3.96. The van der Waals surface area contributed by atoms with Crippen LogP contribution in [0.5, 0.6) is 0 Å². The quantitative estimate of drug-likeness (QED) is 0.678. The lowest BCUT2D eigenvalue weighted by Crippen LogP contribution is -2.40. The fraction of sp³-hybridized carbons (Fsp3) is 1.00. The van der Waals surface area contributed by atoms with Gasteiger partial charge in [0.15, 0.2) is 0 Å². The molecule has 0 amide bonds. The molecule has 0 aliphatic heterocycles. The van der Waals surface area contributed by atoms with E-state index in [1.165, 1.54) is 32.1 Å². The molecule has 1 saturated carbocycles. The molecular weight excluding hydrogens is 150 g/mol. The largest absolute Gasteiger partial charge is 0.391 e. The summed E-state index contributed by atoms with van der Waals surface area (Å²) in [7, 11) is 0. The summed E-state index contributed by atoms with van der Waals surface area (Å²) < 4.78 is 0. The van der Waals surface area contributed by atoms with Crippen LogP contribution < -0.4 is 5.73 Å². The second kappa shape index (κ2) is 4.83. The molecule has 0 aromatic heterocycles. The van der Waals surface area contributed by atoms with Crippen LogP contribution in [-0.4, -0.2) is 17.3 Å². The van der Waals surface area contributed by atoms with Gasteiger partial charge in [0.2, 0.25) is 0 Å². The molecule has 0 bridgehead atoms. The molecule has 0 heterocycles. The Bertz CT molecular complexity index is 121. The lowest BCUT2D eigenvalue weighted by atomic mass is 9.82. The Hall–Kier alpha value is -0.0800. The third kappa shape index (κ3) is 2.46.